The average Bonchev–Trinajstić information content (AvgIpc) is 2.54. The number of pyridine rings is 1. The van der Waals surface area contributed by atoms with E-state index in [-0.39, 0.29) is 11.4 Å². The fourth-order valence-electron chi connectivity index (χ4n) is 2.28. The van der Waals surface area contributed by atoms with Crippen LogP contribution in [0.2, 0.25) is 5.02 Å². The number of aromatic nitrogens is 1. The standard InChI is InChI=1S/C17H22ClN3O2S/c1-14-6-7-16(18)11-17(14)24(22,23)21(10-9-20(2)3)13-15-5-4-8-19-12-15/h4-8,11-12H,9-10,13H2,1-3H3. The second-order valence-electron chi connectivity index (χ2n) is 5.91. The SMILES string of the molecule is Cc1ccc(Cl)cc1S(=O)(=O)N(CCN(C)C)Cc1cccnc1. The van der Waals surface area contributed by atoms with Crippen LogP contribution in [0.5, 0.6) is 0 Å². The summed E-state index contributed by atoms with van der Waals surface area (Å²) in [7, 11) is 0.179. The van der Waals surface area contributed by atoms with Gasteiger partial charge < -0.3 is 4.90 Å². The van der Waals surface area contributed by atoms with Crippen molar-refractivity contribution in [2.45, 2.75) is 18.4 Å². The molecule has 0 amide bonds. The molecule has 0 saturated heterocycles. The fourth-order valence-corrected chi connectivity index (χ4v) is 4.19. The van der Waals surface area contributed by atoms with Crippen LogP contribution in [0.1, 0.15) is 11.1 Å². The van der Waals surface area contributed by atoms with E-state index in [0.29, 0.717) is 23.7 Å². The normalized spacial score (nSPS) is 12.1. The van der Waals surface area contributed by atoms with Crippen molar-refractivity contribution in [2.24, 2.45) is 0 Å². The van der Waals surface area contributed by atoms with Crippen LogP contribution in [0, 0.1) is 6.92 Å². The fraction of sp³-hybridized carbons (Fsp3) is 0.353. The number of sulfonamides is 1. The Morgan fingerprint density at radius 1 is 1.17 bits per heavy atom. The number of benzene rings is 1. The van der Waals surface area contributed by atoms with Crippen molar-refractivity contribution in [2.75, 3.05) is 27.2 Å². The van der Waals surface area contributed by atoms with Gasteiger partial charge in [0.2, 0.25) is 10.0 Å². The molecule has 0 bridgehead atoms. The minimum absolute atomic E-state index is 0.248. The molecule has 130 valence electrons. The molecule has 0 fully saturated rings. The predicted molar refractivity (Wildman–Crippen MR) is 96.6 cm³/mol. The lowest BCUT2D eigenvalue weighted by Gasteiger charge is -2.24. The summed E-state index contributed by atoms with van der Waals surface area (Å²) in [5, 5.41) is 0.410. The molecule has 2 aromatic rings. The zero-order valence-corrected chi connectivity index (χ0v) is 15.7. The maximum atomic E-state index is 13.2. The van der Waals surface area contributed by atoms with Crippen molar-refractivity contribution in [3.8, 4) is 0 Å². The van der Waals surface area contributed by atoms with Crippen molar-refractivity contribution in [3.05, 3.63) is 58.9 Å². The van der Waals surface area contributed by atoms with Crippen LogP contribution < -0.4 is 0 Å². The van der Waals surface area contributed by atoms with Crippen LogP contribution in [-0.4, -0.2) is 49.8 Å². The summed E-state index contributed by atoms with van der Waals surface area (Å²) < 4.78 is 27.8. The minimum Gasteiger partial charge on any atom is -0.308 e. The van der Waals surface area contributed by atoms with E-state index < -0.39 is 10.0 Å². The molecule has 0 aliphatic heterocycles. The van der Waals surface area contributed by atoms with Gasteiger partial charge in [0.1, 0.15) is 0 Å². The molecule has 0 saturated carbocycles. The first kappa shape index (κ1) is 18.9. The summed E-state index contributed by atoms with van der Waals surface area (Å²) in [5.41, 5.74) is 1.53. The Bertz CT molecular complexity index is 780. The summed E-state index contributed by atoms with van der Waals surface area (Å²) in [6, 6.07) is 8.61. The molecular weight excluding hydrogens is 346 g/mol. The average molecular weight is 368 g/mol. The smallest absolute Gasteiger partial charge is 0.243 e. The molecule has 0 radical (unpaired) electrons. The Morgan fingerprint density at radius 2 is 1.92 bits per heavy atom. The molecular formula is C17H22ClN3O2S. The van der Waals surface area contributed by atoms with Crippen molar-refractivity contribution in [1.82, 2.24) is 14.2 Å². The molecule has 7 heteroatoms. The molecule has 24 heavy (non-hydrogen) atoms. The van der Waals surface area contributed by atoms with Crippen LogP contribution in [-0.2, 0) is 16.6 Å². The second-order valence-corrected chi connectivity index (χ2v) is 8.26. The van der Waals surface area contributed by atoms with Crippen molar-refractivity contribution in [1.29, 1.82) is 0 Å². The number of halogens is 1. The highest BCUT2D eigenvalue weighted by Gasteiger charge is 2.26. The molecule has 0 aliphatic carbocycles. The quantitative estimate of drug-likeness (QED) is 0.755. The van der Waals surface area contributed by atoms with Gasteiger partial charge in [-0.1, -0.05) is 23.7 Å². The Balaban J connectivity index is 2.38. The summed E-state index contributed by atoms with van der Waals surface area (Å²) in [6.07, 6.45) is 3.35. The van der Waals surface area contributed by atoms with Gasteiger partial charge in [0.15, 0.2) is 0 Å². The first-order valence-corrected chi connectivity index (χ1v) is 9.42. The lowest BCUT2D eigenvalue weighted by Crippen LogP contribution is -2.36. The van der Waals surface area contributed by atoms with E-state index in [0.717, 1.165) is 5.56 Å². The van der Waals surface area contributed by atoms with Crippen LogP contribution in [0.25, 0.3) is 0 Å². The third-order valence-corrected chi connectivity index (χ3v) is 5.87. The van der Waals surface area contributed by atoms with Crippen molar-refractivity contribution < 1.29 is 8.42 Å². The summed E-state index contributed by atoms with van der Waals surface area (Å²) in [5.74, 6) is 0. The van der Waals surface area contributed by atoms with E-state index in [9.17, 15) is 8.42 Å². The molecule has 0 unspecified atom stereocenters. The van der Waals surface area contributed by atoms with E-state index in [1.165, 1.54) is 10.4 Å². The predicted octanol–water partition coefficient (Wildman–Crippen LogP) is 2.80. The number of likely N-dealkylation sites (N-methyl/N-ethyl adjacent to an activating group) is 1. The van der Waals surface area contributed by atoms with E-state index >= 15 is 0 Å². The largest absolute Gasteiger partial charge is 0.308 e. The maximum Gasteiger partial charge on any atom is 0.243 e. The number of hydrogen-bond donors (Lipinski definition) is 0. The lowest BCUT2D eigenvalue weighted by molar-refractivity contribution is 0.329. The monoisotopic (exact) mass is 367 g/mol. The first-order chi connectivity index (χ1) is 11.3. The van der Waals surface area contributed by atoms with Crippen LogP contribution in [0.4, 0.5) is 0 Å². The number of nitrogens with zero attached hydrogens (tertiary/aromatic N) is 3. The number of hydrogen-bond acceptors (Lipinski definition) is 4. The van der Waals surface area contributed by atoms with Gasteiger partial charge in [0.05, 0.1) is 4.90 Å². The van der Waals surface area contributed by atoms with Gasteiger partial charge in [0, 0.05) is 37.1 Å². The highest BCUT2D eigenvalue weighted by Crippen LogP contribution is 2.24. The van der Waals surface area contributed by atoms with Gasteiger partial charge in [-0.15, -0.1) is 0 Å². The lowest BCUT2D eigenvalue weighted by atomic mass is 10.2. The zero-order chi connectivity index (χ0) is 17.7. The molecule has 0 N–H and O–H groups in total. The molecule has 0 spiro atoms. The van der Waals surface area contributed by atoms with E-state index in [4.69, 9.17) is 11.6 Å². The van der Waals surface area contributed by atoms with Crippen molar-refractivity contribution >= 4 is 21.6 Å². The van der Waals surface area contributed by atoms with Crippen LogP contribution >= 0.6 is 11.6 Å². The Hall–Kier alpha value is -1.47. The topological polar surface area (TPSA) is 53.5 Å². The zero-order valence-electron chi connectivity index (χ0n) is 14.1. The van der Waals surface area contributed by atoms with E-state index in [1.54, 1.807) is 37.5 Å². The van der Waals surface area contributed by atoms with Gasteiger partial charge >= 0.3 is 0 Å². The van der Waals surface area contributed by atoms with Crippen LogP contribution in [0.15, 0.2) is 47.6 Å². The van der Waals surface area contributed by atoms with E-state index in [1.807, 2.05) is 25.1 Å². The van der Waals surface area contributed by atoms with E-state index in [2.05, 4.69) is 4.98 Å². The molecule has 1 aromatic heterocycles. The maximum absolute atomic E-state index is 13.2. The number of rotatable bonds is 7. The van der Waals surface area contributed by atoms with Gasteiger partial charge in [-0.2, -0.15) is 4.31 Å². The van der Waals surface area contributed by atoms with Crippen LogP contribution in [0.3, 0.4) is 0 Å². The minimum atomic E-state index is -3.65. The third-order valence-electron chi connectivity index (χ3n) is 3.65. The second kappa shape index (κ2) is 8.07. The summed E-state index contributed by atoms with van der Waals surface area (Å²) in [4.78, 5) is 6.27. The Kier molecular flexibility index (Phi) is 6.34. The molecule has 2 rings (SSSR count). The molecule has 0 atom stereocenters. The molecule has 1 aromatic carbocycles. The van der Waals surface area contributed by atoms with Crippen molar-refractivity contribution in [3.63, 3.8) is 0 Å². The van der Waals surface area contributed by atoms with Gasteiger partial charge in [-0.05, 0) is 50.3 Å². The van der Waals surface area contributed by atoms with Gasteiger partial charge in [0.25, 0.3) is 0 Å². The Morgan fingerprint density at radius 3 is 2.54 bits per heavy atom. The van der Waals surface area contributed by atoms with Gasteiger partial charge in [-0.25, -0.2) is 8.42 Å². The number of aryl methyl sites for hydroxylation is 1. The third kappa shape index (κ3) is 4.77. The molecule has 0 aliphatic rings. The highest BCUT2D eigenvalue weighted by molar-refractivity contribution is 7.89. The molecule has 5 nitrogen and oxygen atoms in total. The summed E-state index contributed by atoms with van der Waals surface area (Å²) >= 11 is 6.01. The summed E-state index contributed by atoms with van der Waals surface area (Å²) in [6.45, 7) is 3.06. The molecule has 1 heterocycles. The van der Waals surface area contributed by atoms with Gasteiger partial charge in [-0.3, -0.25) is 4.98 Å². The highest BCUT2D eigenvalue weighted by atomic mass is 35.5. The first-order valence-electron chi connectivity index (χ1n) is 7.60. The Labute approximate surface area is 148 Å².